The number of carbonyl (C=O) groups excluding carboxylic acids is 1. The van der Waals surface area contributed by atoms with Gasteiger partial charge in [0.05, 0.1) is 22.2 Å². The molecule has 0 saturated heterocycles. The molecule has 1 aliphatic carbocycles. The molecule has 2 atom stereocenters. The number of thiazole rings is 1. The van der Waals surface area contributed by atoms with Crippen LogP contribution in [-0.2, 0) is 4.79 Å². The van der Waals surface area contributed by atoms with E-state index in [2.05, 4.69) is 4.98 Å². The number of aryl methyl sites for hydroxylation is 2. The number of alkyl halides is 2. The minimum Gasteiger partial charge on any atom is -0.338 e. The highest BCUT2D eigenvalue weighted by Gasteiger charge is 2.68. The second-order valence-electron chi connectivity index (χ2n) is 5.49. The van der Waals surface area contributed by atoms with E-state index in [0.29, 0.717) is 6.42 Å². The van der Waals surface area contributed by atoms with Crippen LogP contribution in [0.4, 0.5) is 0 Å². The Labute approximate surface area is 127 Å². The van der Waals surface area contributed by atoms with Gasteiger partial charge in [0, 0.05) is 11.9 Å². The van der Waals surface area contributed by atoms with Crippen LogP contribution >= 0.6 is 34.5 Å². The SMILES string of the molecule is Cc1nc(C)c([C@@H](C)N(C)C(=O)[C@@]2(C)CC2(Cl)Cl)s1. The average Bonchev–Trinajstić information content (AvgIpc) is 2.64. The van der Waals surface area contributed by atoms with Crippen molar-refractivity contribution < 1.29 is 4.79 Å². The van der Waals surface area contributed by atoms with Crippen LogP contribution in [0.25, 0.3) is 0 Å². The topological polar surface area (TPSA) is 33.2 Å². The number of halogens is 2. The van der Waals surface area contributed by atoms with Crippen molar-refractivity contribution in [1.82, 2.24) is 9.88 Å². The highest BCUT2D eigenvalue weighted by atomic mass is 35.5. The van der Waals surface area contributed by atoms with Crippen LogP contribution < -0.4 is 0 Å². The van der Waals surface area contributed by atoms with Gasteiger partial charge >= 0.3 is 0 Å². The van der Waals surface area contributed by atoms with Gasteiger partial charge in [-0.1, -0.05) is 0 Å². The second kappa shape index (κ2) is 4.61. The third-order valence-electron chi connectivity index (χ3n) is 3.95. The van der Waals surface area contributed by atoms with E-state index in [9.17, 15) is 4.79 Å². The average molecular weight is 321 g/mol. The van der Waals surface area contributed by atoms with E-state index >= 15 is 0 Å². The summed E-state index contributed by atoms with van der Waals surface area (Å²) in [5.74, 6) is -0.00421. The Morgan fingerprint density at radius 3 is 2.37 bits per heavy atom. The smallest absolute Gasteiger partial charge is 0.231 e. The van der Waals surface area contributed by atoms with Crippen molar-refractivity contribution in [1.29, 1.82) is 0 Å². The van der Waals surface area contributed by atoms with Gasteiger partial charge in [-0.2, -0.15) is 0 Å². The van der Waals surface area contributed by atoms with Crippen molar-refractivity contribution in [3.05, 3.63) is 15.6 Å². The summed E-state index contributed by atoms with van der Waals surface area (Å²) < 4.78 is -0.920. The van der Waals surface area contributed by atoms with Gasteiger partial charge in [-0.05, 0) is 34.1 Å². The number of nitrogens with zero attached hydrogens (tertiary/aromatic N) is 2. The van der Waals surface area contributed by atoms with Gasteiger partial charge in [0.2, 0.25) is 5.91 Å². The summed E-state index contributed by atoms with van der Waals surface area (Å²) in [7, 11) is 1.80. The van der Waals surface area contributed by atoms with Crippen LogP contribution in [0.15, 0.2) is 0 Å². The van der Waals surface area contributed by atoms with E-state index in [1.165, 1.54) is 0 Å². The van der Waals surface area contributed by atoms with Crippen LogP contribution in [0.5, 0.6) is 0 Å². The molecule has 0 radical (unpaired) electrons. The number of rotatable bonds is 3. The molecule has 0 N–H and O–H groups in total. The number of carbonyl (C=O) groups is 1. The molecule has 2 rings (SSSR count). The third kappa shape index (κ3) is 2.39. The number of amides is 1. The maximum atomic E-state index is 12.5. The van der Waals surface area contributed by atoms with E-state index in [1.54, 1.807) is 23.3 Å². The summed E-state index contributed by atoms with van der Waals surface area (Å²) in [5, 5.41) is 1.02. The lowest BCUT2D eigenvalue weighted by molar-refractivity contribution is -0.137. The fourth-order valence-electron chi connectivity index (χ4n) is 2.31. The quantitative estimate of drug-likeness (QED) is 0.792. The van der Waals surface area contributed by atoms with Crippen LogP contribution in [0.1, 0.15) is 41.9 Å². The summed E-state index contributed by atoms with van der Waals surface area (Å²) in [6, 6.07) is -0.0136. The van der Waals surface area contributed by atoms with E-state index in [1.807, 2.05) is 27.7 Å². The predicted molar refractivity (Wildman–Crippen MR) is 79.9 cm³/mol. The minimum atomic E-state index is -0.920. The summed E-state index contributed by atoms with van der Waals surface area (Å²) in [6.45, 7) is 7.78. The molecule has 0 aromatic carbocycles. The van der Waals surface area contributed by atoms with E-state index in [4.69, 9.17) is 23.2 Å². The zero-order valence-electron chi connectivity index (χ0n) is 11.8. The zero-order chi connectivity index (χ0) is 14.6. The van der Waals surface area contributed by atoms with Gasteiger partial charge in [-0.3, -0.25) is 4.79 Å². The highest BCUT2D eigenvalue weighted by molar-refractivity contribution is 7.11. The normalized spacial score (nSPS) is 26.1. The molecule has 0 spiro atoms. The van der Waals surface area contributed by atoms with Gasteiger partial charge in [0.15, 0.2) is 0 Å². The van der Waals surface area contributed by atoms with E-state index in [0.717, 1.165) is 15.6 Å². The van der Waals surface area contributed by atoms with Crippen molar-refractivity contribution in [2.75, 3.05) is 7.05 Å². The monoisotopic (exact) mass is 320 g/mol. The van der Waals surface area contributed by atoms with Crippen molar-refractivity contribution in [3.8, 4) is 0 Å². The fraction of sp³-hybridized carbons (Fsp3) is 0.692. The molecule has 1 aromatic rings. The molecule has 1 aliphatic rings. The standard InChI is InChI=1S/C13H18Cl2N2OS/c1-7-10(19-9(3)16-7)8(2)17(5)11(18)12(4)6-13(12,14)15/h8H,6H2,1-5H3/t8-,12-/m1/s1. The van der Waals surface area contributed by atoms with Gasteiger partial charge in [-0.25, -0.2) is 4.98 Å². The van der Waals surface area contributed by atoms with Crippen molar-refractivity contribution in [3.63, 3.8) is 0 Å². The van der Waals surface area contributed by atoms with Gasteiger partial charge in [0.25, 0.3) is 0 Å². The maximum absolute atomic E-state index is 12.5. The van der Waals surface area contributed by atoms with Gasteiger partial charge in [-0.15, -0.1) is 34.5 Å². The molecule has 1 fully saturated rings. The Balaban J connectivity index is 2.19. The Hall–Kier alpha value is -0.320. The zero-order valence-corrected chi connectivity index (χ0v) is 14.1. The molecular formula is C13H18Cl2N2OS. The largest absolute Gasteiger partial charge is 0.338 e. The first-order valence-electron chi connectivity index (χ1n) is 6.19. The summed E-state index contributed by atoms with van der Waals surface area (Å²) in [4.78, 5) is 19.8. The van der Waals surface area contributed by atoms with Crippen molar-refractivity contribution >= 4 is 40.4 Å². The summed E-state index contributed by atoms with van der Waals surface area (Å²) in [6.07, 6.45) is 0.514. The minimum absolute atomic E-state index is 0.00421. The molecule has 0 unspecified atom stereocenters. The molecule has 3 nitrogen and oxygen atoms in total. The third-order valence-corrected chi connectivity index (χ3v) is 6.29. The van der Waals surface area contributed by atoms with Crippen molar-refractivity contribution in [2.45, 2.75) is 44.5 Å². The summed E-state index contributed by atoms with van der Waals surface area (Å²) >= 11 is 13.8. The van der Waals surface area contributed by atoms with Gasteiger partial charge in [0.1, 0.15) is 4.33 Å². The molecule has 1 amide bonds. The molecule has 106 valence electrons. The molecule has 1 heterocycles. The molecule has 0 aliphatic heterocycles. The Morgan fingerprint density at radius 1 is 1.47 bits per heavy atom. The molecule has 1 aromatic heterocycles. The van der Waals surface area contributed by atoms with E-state index < -0.39 is 9.75 Å². The number of hydrogen-bond acceptors (Lipinski definition) is 3. The maximum Gasteiger partial charge on any atom is 0.231 e. The molecular weight excluding hydrogens is 303 g/mol. The highest BCUT2D eigenvalue weighted by Crippen LogP contribution is 2.64. The molecule has 19 heavy (non-hydrogen) atoms. The first kappa shape index (κ1) is 15.1. The van der Waals surface area contributed by atoms with Gasteiger partial charge < -0.3 is 4.90 Å². The first-order valence-corrected chi connectivity index (χ1v) is 7.76. The summed E-state index contributed by atoms with van der Waals surface area (Å²) in [5.41, 5.74) is 0.325. The number of hydrogen-bond donors (Lipinski definition) is 0. The lowest BCUT2D eigenvalue weighted by Gasteiger charge is -2.28. The Bertz CT molecular complexity index is 529. The lowest BCUT2D eigenvalue weighted by atomic mass is 10.1. The molecule has 0 bridgehead atoms. The molecule has 1 saturated carbocycles. The Morgan fingerprint density at radius 2 is 2.00 bits per heavy atom. The predicted octanol–water partition coefficient (Wildman–Crippen LogP) is 3.86. The van der Waals surface area contributed by atoms with Crippen LogP contribution in [0, 0.1) is 19.3 Å². The van der Waals surface area contributed by atoms with Crippen LogP contribution in [0.2, 0.25) is 0 Å². The number of aromatic nitrogens is 1. The van der Waals surface area contributed by atoms with Crippen molar-refractivity contribution in [2.24, 2.45) is 5.41 Å². The van der Waals surface area contributed by atoms with Crippen LogP contribution in [-0.4, -0.2) is 27.2 Å². The van der Waals surface area contributed by atoms with E-state index in [-0.39, 0.29) is 11.9 Å². The second-order valence-corrected chi connectivity index (χ2v) is 8.21. The lowest BCUT2D eigenvalue weighted by Crippen LogP contribution is -2.37. The first-order chi connectivity index (χ1) is 8.60. The Kier molecular flexibility index (Phi) is 3.65. The fourth-order valence-corrected chi connectivity index (χ4v) is 4.03. The molecule has 6 heteroatoms. The van der Waals surface area contributed by atoms with Crippen LogP contribution in [0.3, 0.4) is 0 Å².